The van der Waals surface area contributed by atoms with Gasteiger partial charge in [-0.1, -0.05) is 37.8 Å². The Hall–Kier alpha value is -3.35. The van der Waals surface area contributed by atoms with E-state index < -0.39 is 41.4 Å². The molecule has 3 aliphatic rings. The maximum absolute atomic E-state index is 13.7. The molecule has 0 aromatic heterocycles. The van der Waals surface area contributed by atoms with Crippen molar-refractivity contribution in [3.8, 4) is 0 Å². The minimum atomic E-state index is -1.04. The first-order chi connectivity index (χ1) is 20.0. The topological polar surface area (TPSA) is 172 Å². The number of nitrogens with one attached hydrogen (secondary N) is 3. The number of carbonyl (C=O) groups is 5. The van der Waals surface area contributed by atoms with E-state index in [0.717, 1.165) is 25.7 Å². The molecule has 0 unspecified atom stereocenters. The van der Waals surface area contributed by atoms with E-state index in [-0.39, 0.29) is 24.7 Å². The van der Waals surface area contributed by atoms with Gasteiger partial charge in [0.2, 0.25) is 23.6 Å². The molecule has 12 nitrogen and oxygen atoms in total. The van der Waals surface area contributed by atoms with Crippen LogP contribution in [0.15, 0.2) is 24.3 Å². The molecule has 4 rings (SSSR count). The molecule has 3 fully saturated rings. The van der Waals surface area contributed by atoms with Crippen molar-refractivity contribution in [3.05, 3.63) is 35.4 Å². The van der Waals surface area contributed by atoms with E-state index in [2.05, 4.69) is 16.0 Å². The number of nitrogens with two attached hydrogens (primary N) is 1. The van der Waals surface area contributed by atoms with E-state index in [1.165, 1.54) is 0 Å². The molecule has 2 aliphatic heterocycles. The van der Waals surface area contributed by atoms with Crippen LogP contribution in [0.2, 0.25) is 0 Å². The van der Waals surface area contributed by atoms with Crippen LogP contribution in [0.25, 0.3) is 0 Å². The molecule has 4 atom stereocenters. The second-order valence-corrected chi connectivity index (χ2v) is 11.8. The lowest BCUT2D eigenvalue weighted by molar-refractivity contribution is -0.134. The van der Waals surface area contributed by atoms with Crippen LogP contribution in [0, 0.1) is 5.92 Å². The van der Waals surface area contributed by atoms with E-state index in [4.69, 9.17) is 15.2 Å². The third-order valence-electron chi connectivity index (χ3n) is 8.33. The first-order valence-electron chi connectivity index (χ1n) is 14.8. The lowest BCUT2D eigenvalue weighted by atomic mass is 9.90. The molecular weight excluding hydrogens is 542 g/mol. The van der Waals surface area contributed by atoms with Crippen molar-refractivity contribution in [2.24, 2.45) is 11.7 Å². The Morgan fingerprint density at radius 1 is 0.976 bits per heavy atom. The summed E-state index contributed by atoms with van der Waals surface area (Å²) in [6.45, 7) is 6.11. The molecule has 230 valence electrons. The van der Waals surface area contributed by atoms with Crippen molar-refractivity contribution in [1.29, 1.82) is 0 Å². The van der Waals surface area contributed by atoms with Gasteiger partial charge in [0, 0.05) is 25.1 Å². The number of ether oxygens (including phenoxy) is 2. The van der Waals surface area contributed by atoms with Gasteiger partial charge in [-0.25, -0.2) is 0 Å². The predicted octanol–water partition coefficient (Wildman–Crippen LogP) is 0.0728. The molecule has 2 heterocycles. The molecule has 4 amide bonds. The Morgan fingerprint density at radius 3 is 2.19 bits per heavy atom. The Balaban J connectivity index is 1.45. The monoisotopic (exact) mass is 585 g/mol. The van der Waals surface area contributed by atoms with E-state index in [1.54, 1.807) is 38.1 Å². The minimum Gasteiger partial charge on any atom is -0.379 e. The average Bonchev–Trinajstić information content (AvgIpc) is 3.50. The van der Waals surface area contributed by atoms with Crippen LogP contribution in [-0.2, 0) is 35.1 Å². The van der Waals surface area contributed by atoms with Gasteiger partial charge in [0.25, 0.3) is 0 Å². The number of amides is 4. The fourth-order valence-corrected chi connectivity index (χ4v) is 5.56. The first-order valence-corrected chi connectivity index (χ1v) is 14.8. The van der Waals surface area contributed by atoms with Crippen LogP contribution < -0.4 is 21.7 Å². The van der Waals surface area contributed by atoms with Crippen LogP contribution in [0.5, 0.6) is 0 Å². The van der Waals surface area contributed by atoms with Gasteiger partial charge in [-0.15, -0.1) is 0 Å². The number of nitrogens with zero attached hydrogens (tertiary/aromatic N) is 1. The van der Waals surface area contributed by atoms with Crippen LogP contribution >= 0.6 is 0 Å². The molecule has 5 N–H and O–H groups in total. The molecule has 2 saturated heterocycles. The predicted molar refractivity (Wildman–Crippen MR) is 153 cm³/mol. The number of epoxide rings is 1. The number of hydrogen-bond donors (Lipinski definition) is 4. The normalized spacial score (nSPS) is 22.9. The van der Waals surface area contributed by atoms with Crippen molar-refractivity contribution in [2.45, 2.75) is 76.1 Å². The second-order valence-electron chi connectivity index (χ2n) is 11.8. The van der Waals surface area contributed by atoms with Crippen LogP contribution in [0.3, 0.4) is 0 Å². The summed E-state index contributed by atoms with van der Waals surface area (Å²) in [4.78, 5) is 66.2. The first kappa shape index (κ1) is 31.6. The highest BCUT2D eigenvalue weighted by molar-refractivity contribution is 5.98. The molecular formula is C30H43N5O7. The van der Waals surface area contributed by atoms with Crippen molar-refractivity contribution in [1.82, 2.24) is 20.9 Å². The molecule has 0 spiro atoms. The van der Waals surface area contributed by atoms with Gasteiger partial charge >= 0.3 is 0 Å². The number of hydrogen-bond acceptors (Lipinski definition) is 8. The molecule has 1 aliphatic carbocycles. The zero-order chi connectivity index (χ0) is 30.3. The molecule has 42 heavy (non-hydrogen) atoms. The number of rotatable bonds is 14. The minimum absolute atomic E-state index is 0.100. The number of morpholine rings is 1. The lowest BCUT2D eigenvalue weighted by Crippen LogP contribution is -2.57. The Labute approximate surface area is 246 Å². The Kier molecular flexibility index (Phi) is 10.7. The summed E-state index contributed by atoms with van der Waals surface area (Å²) in [5.74, 6) is -1.75. The molecule has 12 heteroatoms. The van der Waals surface area contributed by atoms with Gasteiger partial charge in [-0.3, -0.25) is 28.9 Å². The molecule has 1 saturated carbocycles. The lowest BCUT2D eigenvalue weighted by Gasteiger charge is -2.27. The summed E-state index contributed by atoms with van der Waals surface area (Å²) in [7, 11) is 0. The van der Waals surface area contributed by atoms with Crippen molar-refractivity contribution in [3.63, 3.8) is 0 Å². The Bertz CT molecular complexity index is 1140. The molecule has 1 aromatic rings. The van der Waals surface area contributed by atoms with Crippen molar-refractivity contribution < 1.29 is 33.4 Å². The summed E-state index contributed by atoms with van der Waals surface area (Å²) in [6.07, 6.45) is 4.83. The van der Waals surface area contributed by atoms with E-state index in [1.807, 2.05) is 4.90 Å². The van der Waals surface area contributed by atoms with Crippen LogP contribution in [0.1, 0.15) is 61.9 Å². The number of primary amides is 1. The van der Waals surface area contributed by atoms with Gasteiger partial charge in [0.1, 0.15) is 17.7 Å². The van der Waals surface area contributed by atoms with Gasteiger partial charge in [-0.05, 0) is 43.9 Å². The van der Waals surface area contributed by atoms with Crippen LogP contribution in [-0.4, -0.2) is 97.5 Å². The van der Waals surface area contributed by atoms with Crippen molar-refractivity contribution in [2.75, 3.05) is 39.5 Å². The fraction of sp³-hybridized carbons (Fsp3) is 0.633. The van der Waals surface area contributed by atoms with Gasteiger partial charge in [-0.2, -0.15) is 0 Å². The fourth-order valence-electron chi connectivity index (χ4n) is 5.56. The zero-order valence-electron chi connectivity index (χ0n) is 24.5. The number of carbonyl (C=O) groups excluding carboxylic acids is 5. The summed E-state index contributed by atoms with van der Waals surface area (Å²) in [5, 5.41) is 8.39. The smallest absolute Gasteiger partial charge is 0.248 e. The molecule has 0 bridgehead atoms. The summed E-state index contributed by atoms with van der Waals surface area (Å²) in [6, 6.07) is 3.76. The number of ketones is 1. The van der Waals surface area contributed by atoms with Crippen LogP contribution in [0.4, 0.5) is 0 Å². The van der Waals surface area contributed by atoms with Gasteiger partial charge < -0.3 is 31.2 Å². The Morgan fingerprint density at radius 2 is 1.60 bits per heavy atom. The maximum Gasteiger partial charge on any atom is 0.248 e. The average molecular weight is 586 g/mol. The van der Waals surface area contributed by atoms with E-state index in [9.17, 15) is 24.0 Å². The largest absolute Gasteiger partial charge is 0.379 e. The number of benzene rings is 1. The third kappa shape index (κ3) is 8.83. The third-order valence-corrected chi connectivity index (χ3v) is 8.33. The summed E-state index contributed by atoms with van der Waals surface area (Å²) in [5.41, 5.74) is 5.45. The highest BCUT2D eigenvalue weighted by Crippen LogP contribution is 2.33. The van der Waals surface area contributed by atoms with Gasteiger partial charge in [0.15, 0.2) is 5.78 Å². The quantitative estimate of drug-likeness (QED) is 0.222. The summed E-state index contributed by atoms with van der Waals surface area (Å²) >= 11 is 0. The second kappa shape index (κ2) is 14.2. The number of Topliss-reactive ketones (excluding diaryl/α,β-unsaturated/α-hetero) is 1. The summed E-state index contributed by atoms with van der Waals surface area (Å²) < 4.78 is 10.7. The highest BCUT2D eigenvalue weighted by Gasteiger charge is 2.50. The molecule has 0 radical (unpaired) electrons. The van der Waals surface area contributed by atoms with Crippen molar-refractivity contribution >= 4 is 29.4 Å². The maximum atomic E-state index is 13.7. The zero-order valence-corrected chi connectivity index (χ0v) is 24.5. The van der Waals surface area contributed by atoms with E-state index in [0.29, 0.717) is 56.4 Å². The SMILES string of the molecule is C[C@H](NC(=O)CN1CCOCC1)C(=O)N[C@@H](Cc1ccc(C(N)=O)cc1)C(=O)N[C@@H](CC1CCCC1)C(=O)[C@@]1(C)CO1. The van der Waals surface area contributed by atoms with Gasteiger partial charge in [0.05, 0.1) is 32.4 Å². The standard InChI is InChI=1S/C30H43N5O7/c1-19(32-25(36)17-35-11-13-41-14-12-35)28(39)34-24(16-21-7-9-22(10-8-21)27(31)38)29(40)33-23(15-20-5-3-4-6-20)26(37)30(2)18-42-30/h7-10,19-20,23-24H,3-6,11-18H2,1-2H3,(H2,31,38)(H,32,36)(H,33,40)(H,34,39)/t19-,23-,24-,30+/m0/s1. The molecule has 1 aromatic carbocycles. The van der Waals surface area contributed by atoms with E-state index >= 15 is 0 Å². The highest BCUT2D eigenvalue weighted by atomic mass is 16.6.